The number of nitrogens with two attached hydrogens (primary N) is 1. The van der Waals surface area contributed by atoms with E-state index in [9.17, 15) is 4.79 Å². The molecule has 0 aromatic heterocycles. The molecule has 5 fully saturated rings. The van der Waals surface area contributed by atoms with Gasteiger partial charge in [0.2, 0.25) is 0 Å². The third-order valence-electron chi connectivity index (χ3n) is 16.6. The van der Waals surface area contributed by atoms with Crippen LogP contribution in [0.3, 0.4) is 0 Å². The Morgan fingerprint density at radius 2 is 1.81 bits per heavy atom. The molecular formula is C47H63N3O4. The van der Waals surface area contributed by atoms with Crippen LogP contribution < -0.4 is 5.73 Å². The van der Waals surface area contributed by atoms with Gasteiger partial charge in [0.1, 0.15) is 11.2 Å². The molecule has 54 heavy (non-hydrogen) atoms. The van der Waals surface area contributed by atoms with Gasteiger partial charge < -0.3 is 20.1 Å². The minimum Gasteiger partial charge on any atom is -0.449 e. The van der Waals surface area contributed by atoms with E-state index in [1.165, 1.54) is 56.5 Å². The van der Waals surface area contributed by atoms with Crippen LogP contribution in [0.25, 0.3) is 0 Å². The summed E-state index contributed by atoms with van der Waals surface area (Å²) in [4.78, 5) is 35.4. The zero-order chi connectivity index (χ0) is 37.0. The van der Waals surface area contributed by atoms with Crippen molar-refractivity contribution in [3.05, 3.63) is 70.1 Å². The molecule has 11 atom stereocenters. The predicted molar refractivity (Wildman–Crippen MR) is 210 cm³/mol. The highest BCUT2D eigenvalue weighted by Crippen LogP contribution is 2.85. The first-order valence-electron chi connectivity index (χ1n) is 22.1. The van der Waals surface area contributed by atoms with Crippen LogP contribution in [0.2, 0.25) is 0 Å². The number of hydrogen-bond donors (Lipinski definition) is 1. The van der Waals surface area contributed by atoms with Gasteiger partial charge in [-0.15, -0.1) is 0 Å². The summed E-state index contributed by atoms with van der Waals surface area (Å²) in [5.74, 6) is 3.61. The number of aryl methyl sites for hydroxylation is 1. The number of hydrogen-bond acceptors (Lipinski definition) is 7. The number of fused-ring (bicyclic) bond motifs is 2. The highest BCUT2D eigenvalue weighted by atomic mass is 16.6. The smallest absolute Gasteiger partial charge is 0.339 e. The molecule has 8 aliphatic heterocycles. The number of allylic oxidation sites excluding steroid dienone is 2. The molecule has 0 radical (unpaired) electrons. The van der Waals surface area contributed by atoms with Gasteiger partial charge in [-0.1, -0.05) is 76.0 Å². The Kier molecular flexibility index (Phi) is 8.60. The lowest BCUT2D eigenvalue weighted by molar-refractivity contribution is -0.274. The molecule has 7 heteroatoms. The van der Waals surface area contributed by atoms with E-state index in [0.717, 1.165) is 93.3 Å². The quantitative estimate of drug-likeness (QED) is 0.223. The molecule has 12 aliphatic rings. The zero-order valence-electron chi connectivity index (χ0n) is 33.1. The Morgan fingerprint density at radius 3 is 2.57 bits per heavy atom. The Balaban J connectivity index is 1.20. The number of benzene rings is 1. The van der Waals surface area contributed by atoms with Crippen molar-refractivity contribution in [1.82, 2.24) is 9.80 Å². The minimum atomic E-state index is -0.946. The molecular weight excluding hydrogens is 671 g/mol. The SMILES string of the molecule is CC[C@H](C)C[C@@H]1[C@@]2(OC(=O)c3c(CCCN)cccc32)[C@@]23CCC4=C[C@@]12C(=O)O/C3=C\C[C@@H](C1CCCC1)N1C[C@@H]2C[C@@H](CN(C2)C2=CC[C@H](C)C[C@@H]42)C1. The van der Waals surface area contributed by atoms with Crippen molar-refractivity contribution < 1.29 is 19.1 Å². The minimum absolute atomic E-state index is 0.102. The summed E-state index contributed by atoms with van der Waals surface area (Å²) in [5, 5.41) is 0. The van der Waals surface area contributed by atoms with Gasteiger partial charge in [0, 0.05) is 55.3 Å². The number of piperidine rings is 2. The van der Waals surface area contributed by atoms with E-state index in [-0.39, 0.29) is 17.9 Å². The standard InChI is InChI=1S/C47H63N3O4/c1-4-29(2)22-40-45-24-35-18-19-46(45,47(40)37-13-7-11-34(12-8-20-48)42(37)43(51)54-47)41(53-44(45)52)17-16-38(33-9-5-6-10-33)49-25-31-23-32(26-49)28-50(27-31)39-15-14-30(3)21-36(35)39/h7,11,13,15,17,24,29-33,36,38,40H,4-6,8-10,12,14,16,18-23,25-28,48H2,1-3H3/b41-17-/t29-,30-,31-,32+,36-,38-,40-,45-,46+,47+/m0/s1. The fourth-order valence-electron chi connectivity index (χ4n) is 14.3. The van der Waals surface area contributed by atoms with E-state index >= 15 is 4.79 Å². The fourth-order valence-corrected chi connectivity index (χ4v) is 14.3. The molecule has 2 spiro atoms. The Labute approximate surface area is 323 Å². The van der Waals surface area contributed by atoms with Gasteiger partial charge in [-0.3, -0.25) is 9.69 Å². The van der Waals surface area contributed by atoms with Crippen LogP contribution in [-0.2, 0) is 26.3 Å². The van der Waals surface area contributed by atoms with Crippen molar-refractivity contribution in [2.24, 2.45) is 58.0 Å². The Hall–Kier alpha value is -2.90. The molecule has 1 aromatic carbocycles. The van der Waals surface area contributed by atoms with Gasteiger partial charge in [0.25, 0.3) is 0 Å². The summed E-state index contributed by atoms with van der Waals surface area (Å²) < 4.78 is 13.9. The molecule has 1 unspecified atom stereocenters. The van der Waals surface area contributed by atoms with Gasteiger partial charge in [0.15, 0.2) is 5.60 Å². The van der Waals surface area contributed by atoms with E-state index < -0.39 is 16.4 Å². The van der Waals surface area contributed by atoms with E-state index in [1.807, 2.05) is 0 Å². The van der Waals surface area contributed by atoms with Crippen LogP contribution in [0.1, 0.15) is 126 Å². The van der Waals surface area contributed by atoms with Crippen molar-refractivity contribution in [3.8, 4) is 0 Å². The largest absolute Gasteiger partial charge is 0.449 e. The lowest BCUT2D eigenvalue weighted by Gasteiger charge is -2.69. The second kappa shape index (κ2) is 13.1. The van der Waals surface area contributed by atoms with Crippen LogP contribution in [0.4, 0.5) is 0 Å². The molecule has 3 saturated heterocycles. The molecule has 290 valence electrons. The van der Waals surface area contributed by atoms with Crippen molar-refractivity contribution in [2.45, 2.75) is 122 Å². The third kappa shape index (κ3) is 4.78. The predicted octanol–water partition coefficient (Wildman–Crippen LogP) is 8.29. The number of esters is 2. The van der Waals surface area contributed by atoms with Crippen LogP contribution >= 0.6 is 0 Å². The highest BCUT2D eigenvalue weighted by molar-refractivity contribution is 5.99. The topological polar surface area (TPSA) is 85.1 Å². The third-order valence-corrected chi connectivity index (χ3v) is 16.6. The molecule has 2 N–H and O–H groups in total. The maximum atomic E-state index is 15.2. The summed E-state index contributed by atoms with van der Waals surface area (Å²) in [6.45, 7) is 12.2. The summed E-state index contributed by atoms with van der Waals surface area (Å²) in [7, 11) is 0. The highest BCUT2D eigenvalue weighted by Gasteiger charge is 2.91. The molecule has 1 aromatic rings. The Bertz CT molecular complexity index is 1790. The first-order valence-corrected chi connectivity index (χ1v) is 22.1. The van der Waals surface area contributed by atoms with Gasteiger partial charge >= 0.3 is 11.9 Å². The van der Waals surface area contributed by atoms with Gasteiger partial charge in [0.05, 0.1) is 11.0 Å². The van der Waals surface area contributed by atoms with E-state index in [2.05, 4.69) is 67.0 Å². The van der Waals surface area contributed by atoms with E-state index in [4.69, 9.17) is 15.2 Å². The number of rotatable bonds is 7. The average molecular weight is 734 g/mol. The summed E-state index contributed by atoms with van der Waals surface area (Å²) in [6, 6.07) is 6.82. The van der Waals surface area contributed by atoms with Crippen LogP contribution in [0.15, 0.2) is 53.5 Å². The first-order chi connectivity index (χ1) is 26.2. The lowest BCUT2D eigenvalue weighted by atomic mass is 9.31. The van der Waals surface area contributed by atoms with E-state index in [0.29, 0.717) is 48.1 Å². The van der Waals surface area contributed by atoms with Crippen LogP contribution in [0.5, 0.6) is 0 Å². The number of nitrogens with zero attached hydrogens (tertiary/aromatic N) is 2. The van der Waals surface area contributed by atoms with Gasteiger partial charge in [-0.2, -0.15) is 0 Å². The number of carbonyl (C=O) groups is 2. The first kappa shape index (κ1) is 35.5. The van der Waals surface area contributed by atoms with Crippen molar-refractivity contribution in [2.75, 3.05) is 32.7 Å². The average Bonchev–Trinajstić information content (AvgIpc) is 3.87. The fraction of sp³-hybridized carbons (Fsp3) is 0.702. The molecule has 8 heterocycles. The van der Waals surface area contributed by atoms with Crippen molar-refractivity contribution in [1.29, 1.82) is 0 Å². The number of carbonyl (C=O) groups excluding carboxylic acids is 2. The normalized spacial score (nSPS) is 42.2. The molecule has 13 rings (SSSR count). The van der Waals surface area contributed by atoms with Gasteiger partial charge in [-0.05, 0) is 118 Å². The second-order valence-electron chi connectivity index (χ2n) is 19.5. The zero-order valence-corrected chi connectivity index (χ0v) is 33.1. The molecule has 7 nitrogen and oxygen atoms in total. The monoisotopic (exact) mass is 733 g/mol. The van der Waals surface area contributed by atoms with E-state index in [1.54, 1.807) is 0 Å². The number of ether oxygens (including phenoxy) is 2. The van der Waals surface area contributed by atoms with Crippen molar-refractivity contribution in [3.63, 3.8) is 0 Å². The molecule has 2 saturated carbocycles. The lowest BCUT2D eigenvalue weighted by Crippen LogP contribution is -2.75. The van der Waals surface area contributed by atoms with Gasteiger partial charge in [-0.25, -0.2) is 4.79 Å². The molecule has 8 bridgehead atoms. The maximum absolute atomic E-state index is 15.2. The Morgan fingerprint density at radius 1 is 1.02 bits per heavy atom. The summed E-state index contributed by atoms with van der Waals surface area (Å²) >= 11 is 0. The summed E-state index contributed by atoms with van der Waals surface area (Å²) in [5.41, 5.74) is 9.14. The van der Waals surface area contributed by atoms with Crippen molar-refractivity contribution >= 4 is 11.9 Å². The van der Waals surface area contributed by atoms with Crippen LogP contribution in [-0.4, -0.2) is 60.5 Å². The maximum Gasteiger partial charge on any atom is 0.339 e. The second-order valence-corrected chi connectivity index (χ2v) is 19.5. The van der Waals surface area contributed by atoms with Crippen LogP contribution in [0, 0.1) is 52.3 Å². The molecule has 4 aliphatic carbocycles. The summed E-state index contributed by atoms with van der Waals surface area (Å²) in [6.07, 6.45) is 22.2. The molecule has 0 amide bonds.